The molecule has 1 amide bonds. The molecule has 0 fully saturated rings. The van der Waals surface area contributed by atoms with Crippen LogP contribution in [0.15, 0.2) is 18.2 Å². The maximum atomic E-state index is 12.4. The lowest BCUT2D eigenvalue weighted by Crippen LogP contribution is -2.15. The molecule has 116 valence electrons. The Balaban J connectivity index is 2.25. The summed E-state index contributed by atoms with van der Waals surface area (Å²) in [4.78, 5) is 31.1. The quantitative estimate of drug-likeness (QED) is 0.832. The van der Waals surface area contributed by atoms with E-state index < -0.39 is 0 Å². The van der Waals surface area contributed by atoms with Gasteiger partial charge in [-0.1, -0.05) is 6.07 Å². The Hall–Kier alpha value is -2.63. The van der Waals surface area contributed by atoms with E-state index in [1.807, 2.05) is 6.92 Å². The summed E-state index contributed by atoms with van der Waals surface area (Å²) in [6.07, 6.45) is 0. The van der Waals surface area contributed by atoms with Gasteiger partial charge in [-0.15, -0.1) is 0 Å². The van der Waals surface area contributed by atoms with Crippen LogP contribution < -0.4 is 10.1 Å². The van der Waals surface area contributed by atoms with Gasteiger partial charge in [0.25, 0.3) is 5.91 Å². The third-order valence-corrected chi connectivity index (χ3v) is 3.27. The fraction of sp³-hybridized carbons (Fsp3) is 0.312. The molecule has 2 aromatic heterocycles. The summed E-state index contributed by atoms with van der Waals surface area (Å²) in [5.74, 6) is 0.437. The lowest BCUT2D eigenvalue weighted by atomic mass is 10.1. The summed E-state index contributed by atoms with van der Waals surface area (Å²) in [7, 11) is 0. The molecule has 0 spiro atoms. The van der Waals surface area contributed by atoms with Crippen molar-refractivity contribution in [3.8, 4) is 5.88 Å². The molecule has 2 rings (SSSR count). The van der Waals surface area contributed by atoms with Crippen LogP contribution in [0, 0.1) is 13.8 Å². The first kappa shape index (κ1) is 15.8. The number of nitrogens with zero attached hydrogens (tertiary/aromatic N) is 1. The minimum Gasteiger partial charge on any atom is -0.478 e. The highest BCUT2D eigenvalue weighted by atomic mass is 16.5. The number of aryl methyl sites for hydroxylation is 1. The van der Waals surface area contributed by atoms with Gasteiger partial charge in [-0.3, -0.25) is 9.59 Å². The molecule has 22 heavy (non-hydrogen) atoms. The maximum Gasteiger partial charge on any atom is 0.273 e. The van der Waals surface area contributed by atoms with Gasteiger partial charge in [-0.25, -0.2) is 0 Å². The third kappa shape index (κ3) is 3.16. The van der Waals surface area contributed by atoms with Gasteiger partial charge in [0.1, 0.15) is 11.5 Å². The van der Waals surface area contributed by atoms with Gasteiger partial charge in [0.15, 0.2) is 5.78 Å². The van der Waals surface area contributed by atoms with E-state index in [1.165, 1.54) is 6.92 Å². The number of amides is 1. The van der Waals surface area contributed by atoms with E-state index in [-0.39, 0.29) is 11.7 Å². The molecular weight excluding hydrogens is 282 g/mol. The Morgan fingerprint density at radius 3 is 2.64 bits per heavy atom. The van der Waals surface area contributed by atoms with E-state index in [4.69, 9.17) is 4.74 Å². The molecule has 0 aromatic carbocycles. The number of aromatic nitrogens is 2. The molecule has 2 heterocycles. The van der Waals surface area contributed by atoms with E-state index in [9.17, 15) is 9.59 Å². The molecular formula is C16H19N3O3. The monoisotopic (exact) mass is 301 g/mol. The summed E-state index contributed by atoms with van der Waals surface area (Å²) in [5, 5.41) is 2.70. The normalized spacial score (nSPS) is 10.4. The second-order valence-electron chi connectivity index (χ2n) is 4.93. The lowest BCUT2D eigenvalue weighted by molar-refractivity contribution is 0.101. The number of hydrogen-bond acceptors (Lipinski definition) is 4. The van der Waals surface area contributed by atoms with Gasteiger partial charge in [-0.2, -0.15) is 4.98 Å². The smallest absolute Gasteiger partial charge is 0.273 e. The van der Waals surface area contributed by atoms with Crippen LogP contribution in [0.5, 0.6) is 5.88 Å². The van der Waals surface area contributed by atoms with Crippen LogP contribution in [-0.4, -0.2) is 28.3 Å². The van der Waals surface area contributed by atoms with E-state index in [1.54, 1.807) is 32.0 Å². The summed E-state index contributed by atoms with van der Waals surface area (Å²) in [5.41, 5.74) is 2.25. The predicted molar refractivity (Wildman–Crippen MR) is 83.6 cm³/mol. The molecule has 2 aromatic rings. The van der Waals surface area contributed by atoms with Crippen molar-refractivity contribution in [3.05, 3.63) is 40.7 Å². The van der Waals surface area contributed by atoms with Crippen molar-refractivity contribution in [2.45, 2.75) is 27.7 Å². The van der Waals surface area contributed by atoms with Crippen molar-refractivity contribution in [2.75, 3.05) is 11.9 Å². The number of carbonyl (C=O) groups excluding carboxylic acids is 2. The molecule has 0 saturated carbocycles. The Morgan fingerprint density at radius 2 is 2.05 bits per heavy atom. The van der Waals surface area contributed by atoms with E-state index in [0.717, 1.165) is 0 Å². The zero-order valence-electron chi connectivity index (χ0n) is 13.1. The number of hydrogen-bond donors (Lipinski definition) is 2. The standard InChI is InChI=1S/C16H19N3O3/c1-5-22-13-8-6-7-12(18-13)19-16(21)15-9(2)14(11(4)20)10(3)17-15/h6-8,17H,5H2,1-4H3,(H,18,19,21). The fourth-order valence-corrected chi connectivity index (χ4v) is 2.40. The zero-order valence-corrected chi connectivity index (χ0v) is 13.1. The van der Waals surface area contributed by atoms with E-state index in [2.05, 4.69) is 15.3 Å². The van der Waals surface area contributed by atoms with Crippen molar-refractivity contribution >= 4 is 17.5 Å². The third-order valence-electron chi connectivity index (χ3n) is 3.27. The van der Waals surface area contributed by atoms with E-state index in [0.29, 0.717) is 40.8 Å². The largest absolute Gasteiger partial charge is 0.478 e. The number of anilines is 1. The molecule has 0 aliphatic carbocycles. The van der Waals surface area contributed by atoms with Gasteiger partial charge in [0.2, 0.25) is 5.88 Å². The summed E-state index contributed by atoms with van der Waals surface area (Å²) in [6.45, 7) is 7.37. The molecule has 0 aliphatic heterocycles. The second kappa shape index (κ2) is 6.43. The molecule has 0 saturated heterocycles. The number of pyridine rings is 1. The van der Waals surface area contributed by atoms with Gasteiger partial charge < -0.3 is 15.0 Å². The molecule has 2 N–H and O–H groups in total. The topological polar surface area (TPSA) is 84.1 Å². The molecule has 0 unspecified atom stereocenters. The number of H-pyrrole nitrogens is 1. The average molecular weight is 301 g/mol. The van der Waals surface area contributed by atoms with E-state index >= 15 is 0 Å². The summed E-state index contributed by atoms with van der Waals surface area (Å²) < 4.78 is 5.30. The van der Waals surface area contributed by atoms with Gasteiger partial charge >= 0.3 is 0 Å². The first-order valence-electron chi connectivity index (χ1n) is 7.05. The molecule has 6 heteroatoms. The molecule has 6 nitrogen and oxygen atoms in total. The van der Waals surface area contributed by atoms with Crippen molar-refractivity contribution in [3.63, 3.8) is 0 Å². The fourth-order valence-electron chi connectivity index (χ4n) is 2.40. The lowest BCUT2D eigenvalue weighted by Gasteiger charge is -2.06. The number of rotatable bonds is 5. The van der Waals surface area contributed by atoms with Crippen LogP contribution in [0.25, 0.3) is 0 Å². The average Bonchev–Trinajstić information content (AvgIpc) is 2.75. The highest BCUT2D eigenvalue weighted by molar-refractivity contribution is 6.07. The highest BCUT2D eigenvalue weighted by Crippen LogP contribution is 2.20. The number of ketones is 1. The Morgan fingerprint density at radius 1 is 1.32 bits per heavy atom. The number of Topliss-reactive ketones (excluding diaryl/α,β-unsaturated/α-hetero) is 1. The van der Waals surface area contributed by atoms with Crippen molar-refractivity contribution < 1.29 is 14.3 Å². The summed E-state index contributed by atoms with van der Waals surface area (Å²) >= 11 is 0. The molecule has 0 bridgehead atoms. The first-order valence-corrected chi connectivity index (χ1v) is 7.05. The Bertz CT molecular complexity index is 719. The first-order chi connectivity index (χ1) is 10.4. The zero-order chi connectivity index (χ0) is 16.3. The number of aromatic amines is 1. The Labute approximate surface area is 128 Å². The van der Waals surface area contributed by atoms with Crippen molar-refractivity contribution in [1.29, 1.82) is 0 Å². The maximum absolute atomic E-state index is 12.4. The minimum absolute atomic E-state index is 0.0678. The number of ether oxygens (including phenoxy) is 1. The SMILES string of the molecule is CCOc1cccc(NC(=O)c2[nH]c(C)c(C(C)=O)c2C)n1. The van der Waals surface area contributed by atoms with Gasteiger partial charge in [-0.05, 0) is 39.3 Å². The van der Waals surface area contributed by atoms with Crippen LogP contribution in [0.2, 0.25) is 0 Å². The molecule has 0 atom stereocenters. The van der Waals surface area contributed by atoms with Crippen molar-refractivity contribution in [1.82, 2.24) is 9.97 Å². The van der Waals surface area contributed by atoms with Crippen LogP contribution in [0.3, 0.4) is 0 Å². The van der Waals surface area contributed by atoms with Crippen LogP contribution in [0.4, 0.5) is 5.82 Å². The van der Waals surface area contributed by atoms with Crippen LogP contribution >= 0.6 is 0 Å². The molecule has 0 aliphatic rings. The number of carbonyl (C=O) groups is 2. The van der Waals surface area contributed by atoms with Gasteiger partial charge in [0, 0.05) is 17.3 Å². The van der Waals surface area contributed by atoms with Crippen molar-refractivity contribution in [2.24, 2.45) is 0 Å². The summed E-state index contributed by atoms with van der Waals surface area (Å²) in [6, 6.07) is 5.15. The van der Waals surface area contributed by atoms with Crippen LogP contribution in [-0.2, 0) is 0 Å². The number of nitrogens with one attached hydrogen (secondary N) is 2. The Kier molecular flexibility index (Phi) is 4.60. The predicted octanol–water partition coefficient (Wildman–Crippen LogP) is 2.88. The highest BCUT2D eigenvalue weighted by Gasteiger charge is 2.20. The van der Waals surface area contributed by atoms with Crippen LogP contribution in [0.1, 0.15) is 46.0 Å². The second-order valence-corrected chi connectivity index (χ2v) is 4.93. The molecule has 0 radical (unpaired) electrons. The minimum atomic E-state index is -0.339. The van der Waals surface area contributed by atoms with Gasteiger partial charge in [0.05, 0.1) is 6.61 Å².